The van der Waals surface area contributed by atoms with Gasteiger partial charge in [-0.15, -0.1) is 0 Å². The molecule has 0 aromatic heterocycles. The lowest BCUT2D eigenvalue weighted by molar-refractivity contribution is 0.442. The molecule has 2 saturated carbocycles. The molecule has 0 atom stereocenters. The molecule has 0 heterocycles. The van der Waals surface area contributed by atoms with Crippen LogP contribution in [-0.4, -0.2) is 0 Å². The monoisotopic (exact) mass is 1410 g/mol. The highest BCUT2D eigenvalue weighted by Gasteiger charge is 2.29. The van der Waals surface area contributed by atoms with E-state index in [2.05, 4.69) is 381 Å². The minimum Gasteiger partial charge on any atom is -0.0616 e. The predicted molar refractivity (Wildman–Crippen MR) is 473 cm³/mol. The fourth-order valence-electron chi connectivity index (χ4n) is 17.0. The maximum Gasteiger partial charge on any atom is -0.0103 e. The van der Waals surface area contributed by atoms with Gasteiger partial charge >= 0.3 is 0 Å². The molecule has 0 heteroatoms. The molecule has 0 N–H and O–H groups in total. The lowest BCUT2D eigenvalue weighted by Gasteiger charge is -2.29. The molecule has 10 aromatic rings. The van der Waals surface area contributed by atoms with Crippen molar-refractivity contribution in [3.8, 4) is 0 Å². The number of aryl methyl sites for hydroxylation is 6. The first-order chi connectivity index (χ1) is 48.3. The summed E-state index contributed by atoms with van der Waals surface area (Å²) in [6.07, 6.45) is 12.7. The second-order valence-electron chi connectivity index (χ2n) is 40.5. The number of fused-ring (bicyclic) bond motifs is 5. The van der Waals surface area contributed by atoms with Crippen molar-refractivity contribution in [3.63, 3.8) is 0 Å². The molecule has 0 amide bonds. The normalized spacial score (nSPS) is 14.3. The minimum absolute atomic E-state index is 0.174. The van der Waals surface area contributed by atoms with E-state index in [1.165, 1.54) is 190 Å². The Hall–Kier alpha value is -6.76. The van der Waals surface area contributed by atoms with Crippen LogP contribution in [0, 0.1) is 69.2 Å². The van der Waals surface area contributed by atoms with Crippen LogP contribution in [0.15, 0.2) is 146 Å². The average molecular weight is 1410 g/mol. The third kappa shape index (κ3) is 21.6. The molecule has 0 spiro atoms. The molecular formula is C105H146. The van der Waals surface area contributed by atoms with Crippen molar-refractivity contribution in [1.29, 1.82) is 0 Å². The molecule has 105 heavy (non-hydrogen) atoms. The molecule has 12 rings (SSSR count). The molecule has 0 nitrogen and oxygen atoms in total. The van der Waals surface area contributed by atoms with Crippen LogP contribution in [-0.2, 0) is 43.3 Å². The van der Waals surface area contributed by atoms with E-state index in [1.807, 2.05) is 0 Å². The van der Waals surface area contributed by atoms with E-state index < -0.39 is 0 Å². The molecule has 2 fully saturated rings. The Bertz CT molecular complexity index is 4610. The summed E-state index contributed by atoms with van der Waals surface area (Å²) >= 11 is 0. The van der Waals surface area contributed by atoms with Crippen LogP contribution in [0.1, 0.15) is 347 Å². The summed E-state index contributed by atoms with van der Waals surface area (Å²) in [5.74, 6) is 1.65. The van der Waals surface area contributed by atoms with Crippen molar-refractivity contribution < 1.29 is 0 Å². The zero-order chi connectivity index (χ0) is 78.7. The maximum atomic E-state index is 2.50. The van der Waals surface area contributed by atoms with E-state index in [-0.39, 0.29) is 43.3 Å². The second-order valence-corrected chi connectivity index (χ2v) is 40.5. The molecule has 2 aliphatic rings. The molecule has 566 valence electrons. The van der Waals surface area contributed by atoms with Gasteiger partial charge in [0.05, 0.1) is 0 Å². The van der Waals surface area contributed by atoms with Crippen molar-refractivity contribution >= 4 is 43.1 Å². The smallest absolute Gasteiger partial charge is 0.0103 e. The van der Waals surface area contributed by atoms with E-state index in [0.29, 0.717) is 0 Å². The Morgan fingerprint density at radius 2 is 0.571 bits per heavy atom. The maximum absolute atomic E-state index is 2.50. The van der Waals surface area contributed by atoms with Crippen LogP contribution in [0.3, 0.4) is 0 Å². The lowest BCUT2D eigenvalue weighted by atomic mass is 9.76. The van der Waals surface area contributed by atoms with E-state index in [0.717, 1.165) is 11.8 Å². The fourth-order valence-corrected chi connectivity index (χ4v) is 17.0. The van der Waals surface area contributed by atoms with E-state index in [9.17, 15) is 0 Å². The van der Waals surface area contributed by atoms with Crippen molar-refractivity contribution in [2.24, 2.45) is 0 Å². The summed E-state index contributed by atoms with van der Waals surface area (Å²) < 4.78 is 0. The van der Waals surface area contributed by atoms with Gasteiger partial charge in [0.15, 0.2) is 0 Å². The topological polar surface area (TPSA) is 0 Å². The van der Waals surface area contributed by atoms with Gasteiger partial charge in [0, 0.05) is 0 Å². The van der Waals surface area contributed by atoms with Gasteiger partial charge in [-0.05, 0) is 304 Å². The van der Waals surface area contributed by atoms with Crippen LogP contribution in [0.25, 0.3) is 43.1 Å². The van der Waals surface area contributed by atoms with Crippen molar-refractivity contribution in [1.82, 2.24) is 0 Å². The summed E-state index contributed by atoms with van der Waals surface area (Å²) in [6, 6.07) is 54.6. The van der Waals surface area contributed by atoms with E-state index in [1.54, 1.807) is 22.3 Å². The summed E-state index contributed by atoms with van der Waals surface area (Å²) in [6.45, 7) is 77.7. The lowest BCUT2D eigenvalue weighted by Crippen LogP contribution is -2.18. The number of hydrogen-bond acceptors (Lipinski definition) is 0. The van der Waals surface area contributed by atoms with Crippen LogP contribution in [0.2, 0.25) is 0 Å². The Balaban J connectivity index is 0.000000176. The summed E-state index contributed by atoms with van der Waals surface area (Å²) in [4.78, 5) is 0. The van der Waals surface area contributed by atoms with Gasteiger partial charge in [-0.3, -0.25) is 0 Å². The Morgan fingerprint density at radius 1 is 0.219 bits per heavy atom. The van der Waals surface area contributed by atoms with Crippen LogP contribution < -0.4 is 0 Å². The molecular weight excluding hydrogens is 1260 g/mol. The number of benzene rings is 10. The second kappa shape index (κ2) is 33.4. The number of rotatable bonds is 2. The number of hydrogen-bond donors (Lipinski definition) is 0. The quantitative estimate of drug-likeness (QED) is 0.151. The first-order valence-electron chi connectivity index (χ1n) is 40.6. The zero-order valence-corrected chi connectivity index (χ0v) is 73.4. The first kappa shape index (κ1) is 85.5. The van der Waals surface area contributed by atoms with Gasteiger partial charge in [0.2, 0.25) is 0 Å². The molecule has 0 saturated heterocycles. The van der Waals surface area contributed by atoms with Gasteiger partial charge in [-0.25, -0.2) is 0 Å². The van der Waals surface area contributed by atoms with Gasteiger partial charge in [0.25, 0.3) is 0 Å². The molecule has 0 aliphatic heterocycles. The van der Waals surface area contributed by atoms with E-state index >= 15 is 0 Å². The van der Waals surface area contributed by atoms with Gasteiger partial charge in [-0.1, -0.05) is 344 Å². The highest BCUT2D eigenvalue weighted by Crippen LogP contribution is 2.43. The Kier molecular flexibility index (Phi) is 27.2. The van der Waals surface area contributed by atoms with E-state index in [4.69, 9.17) is 0 Å². The Labute approximate surface area is 644 Å². The van der Waals surface area contributed by atoms with Crippen LogP contribution >= 0.6 is 0 Å². The zero-order valence-electron chi connectivity index (χ0n) is 73.4. The van der Waals surface area contributed by atoms with Crippen molar-refractivity contribution in [2.45, 2.75) is 348 Å². The highest BCUT2D eigenvalue weighted by atomic mass is 14.3. The average Bonchev–Trinajstić information content (AvgIpc) is 1.03. The van der Waals surface area contributed by atoms with Crippen molar-refractivity contribution in [3.05, 3.63) is 257 Å². The SMILES string of the molecule is Cc1c(C(C)(C)C)cc(C(C)(C)C)c2ccccc12.Cc1cc(C(C)(C)C)cc(C(C)(C)C)c1C.Cc1cc(C2CCCC2)cc(C(C)(C)C)c1C.Cc1cc(C2CCCCC2)cc(C(C)(C)C)c1C.Cc1cc2c(ccc3ccccc32)cc1C(C)(C)C.Cc1cc2ccccc2c(C(C)(C)C)c1C. The Morgan fingerprint density at radius 3 is 1.01 bits per heavy atom. The van der Waals surface area contributed by atoms with Gasteiger partial charge in [-0.2, -0.15) is 0 Å². The molecule has 0 bridgehead atoms. The molecule has 10 aromatic carbocycles. The van der Waals surface area contributed by atoms with Crippen molar-refractivity contribution in [2.75, 3.05) is 0 Å². The third-order valence-electron chi connectivity index (χ3n) is 23.4. The van der Waals surface area contributed by atoms with Gasteiger partial charge in [0.1, 0.15) is 0 Å². The predicted octanol–water partition coefficient (Wildman–Crippen LogP) is 31.9. The van der Waals surface area contributed by atoms with Crippen LogP contribution in [0.4, 0.5) is 0 Å². The van der Waals surface area contributed by atoms with Gasteiger partial charge < -0.3 is 0 Å². The highest BCUT2D eigenvalue weighted by molar-refractivity contribution is 6.08. The third-order valence-corrected chi connectivity index (χ3v) is 23.4. The summed E-state index contributed by atoms with van der Waals surface area (Å²) in [5.41, 5.74) is 31.2. The standard InChI is InChI=1S/C19H20.C19H26.C18H28.C17H26.C16H20.C16H26/c1-13-11-17-15(12-18(13)19(2,3)4)10-9-14-7-5-6-8-16(14)17;1-13-14-10-8-9-11-15(14)17(19(5,6)7)12-16(13)18(2,3)4;1-13-11-16(15-9-7-6-8-10-15)12-17(14(13)2)18(3,4)5;1-12-10-15(14-8-6-7-9-14)11-16(13(12)2)17(3,4)5;1-11-10-13-8-6-7-9-14(13)15(12(11)2)16(3,4)5;1-11-9-13(15(3,4)5)10-14(12(11)2)16(6,7)8/h5-12H,1-4H3;8-12H,1-7H3;11-12,15H,6-10H2,1-5H3;10-11,14H,6-9H2,1-5H3;6-10H,1-5H3;9-10H,1-8H3. The fraction of sp³-hybridized carbons (Fsp3) is 0.505. The molecule has 0 radical (unpaired) electrons. The summed E-state index contributed by atoms with van der Waals surface area (Å²) in [5, 5.41) is 10.9. The molecule has 0 unspecified atom stereocenters. The van der Waals surface area contributed by atoms with Crippen LogP contribution in [0.5, 0.6) is 0 Å². The minimum atomic E-state index is 0.174. The summed E-state index contributed by atoms with van der Waals surface area (Å²) in [7, 11) is 0. The molecule has 2 aliphatic carbocycles. The first-order valence-corrected chi connectivity index (χ1v) is 40.6. The largest absolute Gasteiger partial charge is 0.0616 e.